The molecule has 4 heteroatoms. The van der Waals surface area contributed by atoms with Gasteiger partial charge in [0.2, 0.25) is 0 Å². The molecule has 20 heavy (non-hydrogen) atoms. The molecule has 0 amide bonds. The van der Waals surface area contributed by atoms with Gasteiger partial charge in [0.15, 0.2) is 5.82 Å². The first-order valence-corrected chi connectivity index (χ1v) is 7.37. The molecular weight excluding hydrogens is 248 g/mol. The fourth-order valence-electron chi connectivity index (χ4n) is 4.61. The van der Waals surface area contributed by atoms with Crippen LogP contribution in [0.15, 0.2) is 35.9 Å². The van der Waals surface area contributed by atoms with Crippen molar-refractivity contribution in [2.75, 3.05) is 11.9 Å². The van der Waals surface area contributed by atoms with Crippen LogP contribution in [-0.2, 0) is 0 Å². The Bertz CT molecular complexity index is 734. The van der Waals surface area contributed by atoms with Crippen molar-refractivity contribution < 1.29 is 0 Å². The topological polar surface area (TPSA) is 66.7 Å². The van der Waals surface area contributed by atoms with Gasteiger partial charge in [-0.15, -0.1) is 0 Å². The number of rotatable bonds is 3. The molecular formula is C16H18N4. The van der Waals surface area contributed by atoms with E-state index in [1.165, 1.54) is 11.0 Å². The van der Waals surface area contributed by atoms with E-state index in [-0.39, 0.29) is 5.54 Å². The monoisotopic (exact) mass is 266 g/mol. The number of nitrogens with two attached hydrogens (primary N) is 1. The summed E-state index contributed by atoms with van der Waals surface area (Å²) in [6.07, 6.45) is 2.42. The quantitative estimate of drug-likeness (QED) is 0.746. The summed E-state index contributed by atoms with van der Waals surface area (Å²) in [7, 11) is 0. The smallest absolute Gasteiger partial charge is 0.156 e. The second-order valence-electron chi connectivity index (χ2n) is 6.54. The summed E-state index contributed by atoms with van der Waals surface area (Å²) in [5, 5.41) is 12.4. The molecule has 6 rings (SSSR count). The highest BCUT2D eigenvalue weighted by Gasteiger charge is 2.86. The van der Waals surface area contributed by atoms with Crippen molar-refractivity contribution in [3.05, 3.63) is 35.9 Å². The van der Waals surface area contributed by atoms with Crippen LogP contribution in [0.4, 0.5) is 5.82 Å². The molecule has 102 valence electrons. The number of hydrogen-bond donors (Lipinski definition) is 3. The van der Waals surface area contributed by atoms with E-state index in [2.05, 4.69) is 46.7 Å². The van der Waals surface area contributed by atoms with Gasteiger partial charge in [-0.1, -0.05) is 23.8 Å². The molecule has 0 saturated heterocycles. The summed E-state index contributed by atoms with van der Waals surface area (Å²) in [5.74, 6) is 4.00. The normalized spacial score (nSPS) is 40.2. The van der Waals surface area contributed by atoms with Crippen LogP contribution >= 0.6 is 0 Å². The highest BCUT2D eigenvalue weighted by molar-refractivity contribution is 5.90. The van der Waals surface area contributed by atoms with Crippen molar-refractivity contribution in [3.8, 4) is 0 Å². The van der Waals surface area contributed by atoms with E-state index in [1.807, 2.05) is 6.07 Å². The maximum absolute atomic E-state index is 5.90. The lowest BCUT2D eigenvalue weighted by Gasteiger charge is -2.36. The fraction of sp³-hybridized carbons (Fsp3) is 0.438. The predicted octanol–water partition coefficient (Wildman–Crippen LogP) is 2.12. The minimum Gasteiger partial charge on any atom is -0.359 e. The number of aromatic amines is 1. The van der Waals surface area contributed by atoms with E-state index in [0.29, 0.717) is 5.92 Å². The zero-order valence-electron chi connectivity index (χ0n) is 11.4. The fourth-order valence-corrected chi connectivity index (χ4v) is 4.61. The molecule has 4 aliphatic carbocycles. The molecule has 1 aromatic carbocycles. The molecule has 1 heterocycles. The zero-order chi connectivity index (χ0) is 13.5. The Morgan fingerprint density at radius 3 is 2.95 bits per heavy atom. The molecule has 2 bridgehead atoms. The average Bonchev–Trinajstić information content (AvgIpc) is 3.31. The molecule has 3 unspecified atom stereocenters. The summed E-state index contributed by atoms with van der Waals surface area (Å²) < 4.78 is 0. The standard InChI is InChI=1S/C16H18N4/c1-8-6-16(13-12(14(13)16)10(8)7-17)18-15-9-4-2-3-5-11(9)19-20-15/h2-6,10,12-14H,7,17H2,1H3,(H2,18,19,20). The maximum atomic E-state index is 5.90. The third-order valence-electron chi connectivity index (χ3n) is 5.64. The second kappa shape index (κ2) is 3.26. The van der Waals surface area contributed by atoms with Crippen LogP contribution < -0.4 is 11.1 Å². The first-order chi connectivity index (χ1) is 9.76. The number of H-pyrrole nitrogens is 1. The number of para-hydroxylation sites is 1. The van der Waals surface area contributed by atoms with E-state index in [9.17, 15) is 0 Å². The summed E-state index contributed by atoms with van der Waals surface area (Å²) in [6.45, 7) is 3.02. The Balaban J connectivity index is 1.51. The van der Waals surface area contributed by atoms with Crippen molar-refractivity contribution in [1.82, 2.24) is 10.2 Å². The van der Waals surface area contributed by atoms with E-state index in [1.54, 1.807) is 0 Å². The van der Waals surface area contributed by atoms with E-state index < -0.39 is 0 Å². The molecule has 0 radical (unpaired) electrons. The Morgan fingerprint density at radius 2 is 2.15 bits per heavy atom. The Hall–Kier alpha value is -1.81. The lowest BCUT2D eigenvalue weighted by Crippen LogP contribution is -2.41. The SMILES string of the molecule is CC1=CC2(Nc3n[nH]c4ccccc34)C3C(C1CN)C32. The maximum Gasteiger partial charge on any atom is 0.156 e. The van der Waals surface area contributed by atoms with Crippen LogP contribution in [-0.4, -0.2) is 22.3 Å². The van der Waals surface area contributed by atoms with Gasteiger partial charge >= 0.3 is 0 Å². The number of nitrogens with zero attached hydrogens (tertiary/aromatic N) is 1. The molecule has 0 spiro atoms. The number of anilines is 1. The van der Waals surface area contributed by atoms with Crippen molar-refractivity contribution in [2.45, 2.75) is 12.5 Å². The summed E-state index contributed by atoms with van der Waals surface area (Å²) in [5.41, 5.74) is 8.62. The van der Waals surface area contributed by atoms with Crippen LogP contribution in [0, 0.1) is 23.7 Å². The van der Waals surface area contributed by atoms with Gasteiger partial charge in [-0.05, 0) is 49.3 Å². The van der Waals surface area contributed by atoms with Gasteiger partial charge in [0, 0.05) is 5.39 Å². The third kappa shape index (κ3) is 1.10. The van der Waals surface area contributed by atoms with Gasteiger partial charge in [-0.2, -0.15) is 5.10 Å². The Kier molecular flexibility index (Phi) is 1.78. The van der Waals surface area contributed by atoms with Crippen LogP contribution in [0.2, 0.25) is 0 Å². The van der Waals surface area contributed by atoms with E-state index >= 15 is 0 Å². The lowest BCUT2D eigenvalue weighted by atomic mass is 9.76. The molecule has 2 fully saturated rings. The number of fused-ring (bicyclic) bond motifs is 2. The number of nitrogens with one attached hydrogen (secondary N) is 2. The summed E-state index contributed by atoms with van der Waals surface area (Å²) >= 11 is 0. The molecule has 4 nitrogen and oxygen atoms in total. The van der Waals surface area contributed by atoms with Gasteiger partial charge in [-0.3, -0.25) is 5.10 Å². The number of aromatic nitrogens is 2. The first-order valence-electron chi connectivity index (χ1n) is 7.37. The minimum absolute atomic E-state index is 0.179. The summed E-state index contributed by atoms with van der Waals surface area (Å²) in [6, 6.07) is 8.27. The van der Waals surface area contributed by atoms with Gasteiger partial charge in [0.1, 0.15) is 0 Å². The van der Waals surface area contributed by atoms with Gasteiger partial charge in [0.05, 0.1) is 11.1 Å². The molecule has 0 aliphatic heterocycles. The highest BCUT2D eigenvalue weighted by atomic mass is 15.3. The van der Waals surface area contributed by atoms with Crippen LogP contribution in [0.1, 0.15) is 6.92 Å². The molecule has 2 aromatic rings. The zero-order valence-corrected chi connectivity index (χ0v) is 11.4. The van der Waals surface area contributed by atoms with Crippen LogP contribution in [0.5, 0.6) is 0 Å². The van der Waals surface area contributed by atoms with Crippen molar-refractivity contribution in [1.29, 1.82) is 0 Å². The van der Waals surface area contributed by atoms with Gasteiger partial charge < -0.3 is 11.1 Å². The molecule has 1 aromatic heterocycles. The highest BCUT2D eigenvalue weighted by Crippen LogP contribution is 2.82. The second-order valence-corrected chi connectivity index (χ2v) is 6.54. The van der Waals surface area contributed by atoms with Crippen molar-refractivity contribution >= 4 is 16.7 Å². The molecule has 2 saturated carbocycles. The van der Waals surface area contributed by atoms with Crippen molar-refractivity contribution in [3.63, 3.8) is 0 Å². The molecule has 3 atom stereocenters. The van der Waals surface area contributed by atoms with Crippen LogP contribution in [0.3, 0.4) is 0 Å². The average molecular weight is 266 g/mol. The lowest BCUT2D eigenvalue weighted by molar-refractivity contribution is 0.357. The van der Waals surface area contributed by atoms with E-state index in [0.717, 1.165) is 35.6 Å². The summed E-state index contributed by atoms with van der Waals surface area (Å²) in [4.78, 5) is 0. The Morgan fingerprint density at radius 1 is 1.35 bits per heavy atom. The Labute approximate surface area is 117 Å². The van der Waals surface area contributed by atoms with E-state index in [4.69, 9.17) is 5.73 Å². The predicted molar refractivity (Wildman–Crippen MR) is 79.2 cm³/mol. The third-order valence-corrected chi connectivity index (χ3v) is 5.64. The number of benzene rings is 1. The molecule has 4 N–H and O–H groups in total. The number of hydrogen-bond acceptors (Lipinski definition) is 3. The van der Waals surface area contributed by atoms with Crippen molar-refractivity contribution in [2.24, 2.45) is 29.4 Å². The van der Waals surface area contributed by atoms with Gasteiger partial charge in [-0.25, -0.2) is 0 Å². The molecule has 4 aliphatic rings. The largest absolute Gasteiger partial charge is 0.359 e. The van der Waals surface area contributed by atoms with Crippen LogP contribution in [0.25, 0.3) is 10.9 Å². The van der Waals surface area contributed by atoms with Gasteiger partial charge in [0.25, 0.3) is 0 Å². The first kappa shape index (κ1) is 10.9. The minimum atomic E-state index is 0.179.